The molecule has 1 aromatic carbocycles. The number of hydrogen-bond acceptors (Lipinski definition) is 2. The minimum atomic E-state index is 0.907. The van der Waals surface area contributed by atoms with Crippen LogP contribution in [0.5, 0.6) is 0 Å². The zero-order valence-electron chi connectivity index (χ0n) is 13.5. The van der Waals surface area contributed by atoms with Gasteiger partial charge in [0.25, 0.3) is 0 Å². The quantitative estimate of drug-likeness (QED) is 0.552. The molecule has 0 radical (unpaired) electrons. The van der Waals surface area contributed by atoms with Crippen LogP contribution in [-0.2, 0) is 19.3 Å². The van der Waals surface area contributed by atoms with Crippen molar-refractivity contribution in [1.82, 2.24) is 0 Å². The summed E-state index contributed by atoms with van der Waals surface area (Å²) >= 11 is 0. The highest BCUT2D eigenvalue weighted by Crippen LogP contribution is 2.28. The van der Waals surface area contributed by atoms with Gasteiger partial charge in [-0.25, -0.2) is 0 Å². The lowest BCUT2D eigenvalue weighted by Gasteiger charge is -2.18. The van der Waals surface area contributed by atoms with Crippen molar-refractivity contribution in [3.8, 4) is 0 Å². The van der Waals surface area contributed by atoms with E-state index in [0.29, 0.717) is 0 Å². The highest BCUT2D eigenvalue weighted by atomic mass is 16.5. The first-order valence-electron chi connectivity index (χ1n) is 8.32. The molecule has 0 heterocycles. The van der Waals surface area contributed by atoms with Crippen molar-refractivity contribution < 1.29 is 5.21 Å². The van der Waals surface area contributed by atoms with Gasteiger partial charge in [-0.15, -0.1) is 0 Å². The molecule has 0 bridgehead atoms. The maximum Gasteiger partial charge on any atom is 0.0636 e. The number of nitrogens with one attached hydrogen (secondary N) is 1. The van der Waals surface area contributed by atoms with Gasteiger partial charge in [-0.2, -0.15) is 0 Å². The first-order chi connectivity index (χ1) is 9.78. The highest BCUT2D eigenvalue weighted by Gasteiger charge is 2.12. The van der Waals surface area contributed by atoms with Gasteiger partial charge >= 0.3 is 0 Å². The maximum absolute atomic E-state index is 9.38. The molecule has 0 saturated heterocycles. The van der Waals surface area contributed by atoms with Crippen LogP contribution in [0.4, 0.5) is 5.69 Å². The predicted molar refractivity (Wildman–Crippen MR) is 87.7 cm³/mol. The van der Waals surface area contributed by atoms with E-state index in [9.17, 15) is 5.21 Å². The molecule has 20 heavy (non-hydrogen) atoms. The summed E-state index contributed by atoms with van der Waals surface area (Å²) in [6.07, 6.45) is 10.7. The Morgan fingerprint density at radius 3 is 1.90 bits per heavy atom. The Morgan fingerprint density at radius 1 is 0.800 bits per heavy atom. The minimum Gasteiger partial charge on any atom is -0.291 e. The van der Waals surface area contributed by atoms with Crippen LogP contribution < -0.4 is 5.48 Å². The second-order valence-corrected chi connectivity index (χ2v) is 5.65. The van der Waals surface area contributed by atoms with Gasteiger partial charge in [-0.3, -0.25) is 10.7 Å². The summed E-state index contributed by atoms with van der Waals surface area (Å²) in [6.45, 7) is 6.71. The van der Waals surface area contributed by atoms with Gasteiger partial charge in [0, 0.05) is 0 Å². The topological polar surface area (TPSA) is 32.3 Å². The van der Waals surface area contributed by atoms with E-state index in [2.05, 4.69) is 32.3 Å². The van der Waals surface area contributed by atoms with Crippen LogP contribution in [0, 0.1) is 0 Å². The minimum absolute atomic E-state index is 0.907. The van der Waals surface area contributed by atoms with E-state index < -0.39 is 0 Å². The molecule has 0 spiro atoms. The molecule has 2 N–H and O–H groups in total. The molecule has 0 aromatic heterocycles. The summed E-state index contributed by atoms with van der Waals surface area (Å²) in [5, 5.41) is 9.38. The van der Waals surface area contributed by atoms with Crippen molar-refractivity contribution in [3.63, 3.8) is 0 Å². The van der Waals surface area contributed by atoms with Crippen molar-refractivity contribution in [3.05, 3.63) is 28.8 Å². The second-order valence-electron chi connectivity index (χ2n) is 5.65. The molecule has 0 atom stereocenters. The molecule has 1 aromatic rings. The van der Waals surface area contributed by atoms with Crippen molar-refractivity contribution in [1.29, 1.82) is 0 Å². The Hall–Kier alpha value is -1.02. The zero-order chi connectivity index (χ0) is 14.8. The normalized spacial score (nSPS) is 10.8. The first-order valence-corrected chi connectivity index (χ1v) is 8.32. The highest BCUT2D eigenvalue weighted by molar-refractivity contribution is 5.56. The summed E-state index contributed by atoms with van der Waals surface area (Å²) in [7, 11) is 0. The Labute approximate surface area is 124 Å². The Bertz CT molecular complexity index is 387. The fourth-order valence-corrected chi connectivity index (χ4v) is 2.75. The van der Waals surface area contributed by atoms with Gasteiger partial charge in [0.2, 0.25) is 0 Å². The lowest BCUT2D eigenvalue weighted by molar-refractivity contribution is 0.388. The molecule has 0 aliphatic carbocycles. The fraction of sp³-hybridized carbons (Fsp3) is 0.667. The zero-order valence-corrected chi connectivity index (χ0v) is 13.5. The van der Waals surface area contributed by atoms with E-state index >= 15 is 0 Å². The maximum atomic E-state index is 9.38. The number of aryl methyl sites for hydroxylation is 1. The Balaban J connectivity index is 3.09. The van der Waals surface area contributed by atoms with Crippen LogP contribution in [0.1, 0.15) is 76.0 Å². The molecular formula is C18H31NO. The number of benzene rings is 1. The number of anilines is 1. The molecule has 1 rings (SSSR count). The number of unbranched alkanes of at least 4 members (excludes halogenated alkanes) is 3. The van der Waals surface area contributed by atoms with Crippen molar-refractivity contribution >= 4 is 5.69 Å². The number of hydrogen-bond donors (Lipinski definition) is 2. The van der Waals surface area contributed by atoms with E-state index in [4.69, 9.17) is 0 Å². The lowest BCUT2D eigenvalue weighted by atomic mass is 9.90. The van der Waals surface area contributed by atoms with Crippen LogP contribution in [0.3, 0.4) is 0 Å². The van der Waals surface area contributed by atoms with Crippen LogP contribution in [0.25, 0.3) is 0 Å². The Kier molecular flexibility index (Phi) is 8.36. The third-order valence-corrected chi connectivity index (χ3v) is 4.01. The molecule has 0 unspecified atom stereocenters. The van der Waals surface area contributed by atoms with Gasteiger partial charge in [-0.05, 0) is 61.3 Å². The third kappa shape index (κ3) is 4.82. The summed E-state index contributed by atoms with van der Waals surface area (Å²) in [6, 6.07) is 4.25. The van der Waals surface area contributed by atoms with Crippen LogP contribution in [0.15, 0.2) is 12.1 Å². The largest absolute Gasteiger partial charge is 0.291 e. The van der Waals surface area contributed by atoms with Crippen LogP contribution in [0.2, 0.25) is 0 Å². The molecule has 2 nitrogen and oxygen atoms in total. The molecule has 0 aliphatic heterocycles. The summed E-state index contributed by atoms with van der Waals surface area (Å²) in [5.74, 6) is 0. The van der Waals surface area contributed by atoms with E-state index in [0.717, 1.165) is 18.5 Å². The van der Waals surface area contributed by atoms with Crippen molar-refractivity contribution in [2.24, 2.45) is 0 Å². The molecule has 0 saturated carbocycles. The van der Waals surface area contributed by atoms with E-state index in [1.54, 1.807) is 0 Å². The fourth-order valence-electron chi connectivity index (χ4n) is 2.75. The molecule has 2 heteroatoms. The smallest absolute Gasteiger partial charge is 0.0636 e. The van der Waals surface area contributed by atoms with Gasteiger partial charge in [0.05, 0.1) is 5.69 Å². The molecular weight excluding hydrogens is 246 g/mol. The average molecular weight is 277 g/mol. The standard InChI is InChI=1S/C18H31NO/c1-4-7-10-15-13-14-18(19-20)17(12-9-6-3)16(15)11-8-5-2/h13-14,19-20H,4-12H2,1-3H3. The Morgan fingerprint density at radius 2 is 1.35 bits per heavy atom. The molecule has 0 amide bonds. The SMILES string of the molecule is CCCCc1ccc(NO)c(CCCC)c1CCCC. The molecule has 0 fully saturated rings. The van der Waals surface area contributed by atoms with Crippen LogP contribution >= 0.6 is 0 Å². The predicted octanol–water partition coefficient (Wildman–Crippen LogP) is 5.52. The third-order valence-electron chi connectivity index (χ3n) is 4.01. The second kappa shape index (κ2) is 9.82. The monoisotopic (exact) mass is 277 g/mol. The van der Waals surface area contributed by atoms with Crippen LogP contribution in [-0.4, -0.2) is 5.21 Å². The van der Waals surface area contributed by atoms with Gasteiger partial charge in [-0.1, -0.05) is 46.1 Å². The molecule has 0 aliphatic rings. The molecule has 114 valence electrons. The van der Waals surface area contributed by atoms with Crippen molar-refractivity contribution in [2.75, 3.05) is 5.48 Å². The van der Waals surface area contributed by atoms with E-state index in [1.165, 1.54) is 61.6 Å². The number of rotatable bonds is 10. The lowest BCUT2D eigenvalue weighted by Crippen LogP contribution is -2.06. The van der Waals surface area contributed by atoms with E-state index in [-0.39, 0.29) is 0 Å². The van der Waals surface area contributed by atoms with Gasteiger partial charge in [0.1, 0.15) is 0 Å². The summed E-state index contributed by atoms with van der Waals surface area (Å²) in [5.41, 5.74) is 7.64. The average Bonchev–Trinajstić information content (AvgIpc) is 2.48. The van der Waals surface area contributed by atoms with Gasteiger partial charge in [0.15, 0.2) is 0 Å². The van der Waals surface area contributed by atoms with Gasteiger partial charge < -0.3 is 0 Å². The summed E-state index contributed by atoms with van der Waals surface area (Å²) in [4.78, 5) is 0. The van der Waals surface area contributed by atoms with E-state index in [1.807, 2.05) is 6.07 Å². The van der Waals surface area contributed by atoms with Crippen molar-refractivity contribution in [2.45, 2.75) is 78.6 Å². The summed E-state index contributed by atoms with van der Waals surface area (Å²) < 4.78 is 0. The first kappa shape index (κ1) is 17.0.